The number of hydrogen-bond donors (Lipinski definition) is 0. The van der Waals surface area contributed by atoms with E-state index in [0.29, 0.717) is 5.56 Å². The standard InChI is InChI=1S/C13H18BrNO5S2/c1-15(7-8-21(2,17)18)13(16)10-22(19,20)9-11-3-5-12(14)6-4-11/h3-6H,7-10H2,1-2H3. The quantitative estimate of drug-likeness (QED) is 0.663. The Balaban J connectivity index is 2.63. The molecule has 0 aliphatic carbocycles. The molecule has 22 heavy (non-hydrogen) atoms. The largest absolute Gasteiger partial charge is 0.344 e. The van der Waals surface area contributed by atoms with Gasteiger partial charge < -0.3 is 4.90 Å². The molecule has 0 heterocycles. The summed E-state index contributed by atoms with van der Waals surface area (Å²) < 4.78 is 47.0. The third-order valence-electron chi connectivity index (χ3n) is 2.87. The van der Waals surface area contributed by atoms with Crippen molar-refractivity contribution < 1.29 is 21.6 Å². The molecule has 1 aromatic rings. The first-order valence-corrected chi connectivity index (χ1v) is 11.0. The van der Waals surface area contributed by atoms with Gasteiger partial charge in [0.15, 0.2) is 9.84 Å². The lowest BCUT2D eigenvalue weighted by Crippen LogP contribution is -2.36. The molecule has 0 saturated carbocycles. The van der Waals surface area contributed by atoms with E-state index in [4.69, 9.17) is 0 Å². The number of rotatable bonds is 7. The molecule has 0 aliphatic heterocycles. The molecule has 1 aromatic carbocycles. The van der Waals surface area contributed by atoms with Crippen molar-refractivity contribution in [3.05, 3.63) is 34.3 Å². The van der Waals surface area contributed by atoms with Gasteiger partial charge in [0.2, 0.25) is 5.91 Å². The number of sulfone groups is 2. The summed E-state index contributed by atoms with van der Waals surface area (Å²) in [7, 11) is -5.41. The Bertz CT molecular complexity index is 726. The molecule has 0 aliphatic rings. The SMILES string of the molecule is CN(CCS(C)(=O)=O)C(=O)CS(=O)(=O)Cc1ccc(Br)cc1. The fourth-order valence-electron chi connectivity index (χ4n) is 1.61. The normalized spacial score (nSPS) is 12.1. The van der Waals surface area contributed by atoms with Crippen molar-refractivity contribution in [3.63, 3.8) is 0 Å². The molecule has 9 heteroatoms. The van der Waals surface area contributed by atoms with Crippen LogP contribution in [-0.2, 0) is 30.2 Å². The van der Waals surface area contributed by atoms with Gasteiger partial charge in [-0.1, -0.05) is 28.1 Å². The molecule has 0 fully saturated rings. The molecule has 1 amide bonds. The number of nitrogens with zero attached hydrogens (tertiary/aromatic N) is 1. The zero-order valence-corrected chi connectivity index (χ0v) is 15.5. The fraction of sp³-hybridized carbons (Fsp3) is 0.462. The molecule has 0 aromatic heterocycles. The van der Waals surface area contributed by atoms with E-state index in [1.54, 1.807) is 24.3 Å². The van der Waals surface area contributed by atoms with Crippen molar-refractivity contribution in [2.45, 2.75) is 5.75 Å². The van der Waals surface area contributed by atoms with Gasteiger partial charge in [-0.25, -0.2) is 16.8 Å². The topological polar surface area (TPSA) is 88.6 Å². The van der Waals surface area contributed by atoms with E-state index in [9.17, 15) is 21.6 Å². The highest BCUT2D eigenvalue weighted by molar-refractivity contribution is 9.10. The van der Waals surface area contributed by atoms with Gasteiger partial charge in [0, 0.05) is 24.3 Å². The highest BCUT2D eigenvalue weighted by Crippen LogP contribution is 2.13. The minimum atomic E-state index is -3.60. The second-order valence-corrected chi connectivity index (χ2v) is 10.3. The Morgan fingerprint density at radius 1 is 1.14 bits per heavy atom. The summed E-state index contributed by atoms with van der Waals surface area (Å²) in [5.74, 6) is -1.67. The molecule has 0 atom stereocenters. The fourth-order valence-corrected chi connectivity index (χ4v) is 3.88. The monoisotopic (exact) mass is 411 g/mol. The van der Waals surface area contributed by atoms with Crippen LogP contribution in [0.3, 0.4) is 0 Å². The maximum atomic E-state index is 12.0. The zero-order chi connectivity index (χ0) is 17.0. The molecular weight excluding hydrogens is 394 g/mol. The molecule has 0 bridgehead atoms. The van der Waals surface area contributed by atoms with Crippen LogP contribution in [0.1, 0.15) is 5.56 Å². The van der Waals surface area contributed by atoms with Gasteiger partial charge in [0.05, 0.1) is 11.5 Å². The third kappa shape index (κ3) is 7.37. The number of benzene rings is 1. The van der Waals surface area contributed by atoms with Crippen LogP contribution in [-0.4, -0.2) is 59.0 Å². The van der Waals surface area contributed by atoms with Gasteiger partial charge in [-0.15, -0.1) is 0 Å². The summed E-state index contributed by atoms with van der Waals surface area (Å²) in [6.45, 7) is -0.0224. The lowest BCUT2D eigenvalue weighted by Gasteiger charge is -2.16. The summed E-state index contributed by atoms with van der Waals surface area (Å²) in [6.07, 6.45) is 1.07. The van der Waals surface area contributed by atoms with E-state index >= 15 is 0 Å². The minimum Gasteiger partial charge on any atom is -0.344 e. The molecule has 6 nitrogen and oxygen atoms in total. The summed E-state index contributed by atoms with van der Waals surface area (Å²) in [6, 6.07) is 6.79. The van der Waals surface area contributed by atoms with Gasteiger partial charge in [0.25, 0.3) is 0 Å². The van der Waals surface area contributed by atoms with Crippen molar-refractivity contribution in [1.82, 2.24) is 4.90 Å². The first-order chi connectivity index (χ1) is 9.98. The van der Waals surface area contributed by atoms with Gasteiger partial charge in [0.1, 0.15) is 15.6 Å². The van der Waals surface area contributed by atoms with Gasteiger partial charge >= 0.3 is 0 Å². The molecule has 124 valence electrons. The molecule has 1 rings (SSSR count). The van der Waals surface area contributed by atoms with Crippen molar-refractivity contribution in [1.29, 1.82) is 0 Å². The summed E-state index contributed by atoms with van der Waals surface area (Å²) in [5.41, 5.74) is 0.592. The smallest absolute Gasteiger partial charge is 0.237 e. The molecule has 0 unspecified atom stereocenters. The Morgan fingerprint density at radius 2 is 1.68 bits per heavy atom. The number of carbonyl (C=O) groups is 1. The predicted molar refractivity (Wildman–Crippen MR) is 89.0 cm³/mol. The van der Waals surface area contributed by atoms with Crippen molar-refractivity contribution in [2.24, 2.45) is 0 Å². The van der Waals surface area contributed by atoms with Crippen molar-refractivity contribution >= 4 is 41.5 Å². The Labute approximate surface area is 139 Å². The second kappa shape index (κ2) is 7.56. The molecular formula is C13H18BrNO5S2. The van der Waals surface area contributed by atoms with Crippen LogP contribution in [0, 0.1) is 0 Å². The maximum absolute atomic E-state index is 12.0. The van der Waals surface area contributed by atoms with Crippen LogP contribution in [0.15, 0.2) is 28.7 Å². The molecule has 0 radical (unpaired) electrons. The van der Waals surface area contributed by atoms with E-state index in [-0.39, 0.29) is 18.1 Å². The number of carbonyl (C=O) groups excluding carboxylic acids is 1. The number of halogens is 1. The summed E-state index contributed by atoms with van der Waals surface area (Å²) in [4.78, 5) is 13.0. The second-order valence-electron chi connectivity index (χ2n) is 5.10. The van der Waals surface area contributed by atoms with Gasteiger partial charge in [-0.05, 0) is 17.7 Å². The molecule has 0 N–H and O–H groups in total. The van der Waals surface area contributed by atoms with Crippen LogP contribution in [0.5, 0.6) is 0 Å². The minimum absolute atomic E-state index is 0.0224. The van der Waals surface area contributed by atoms with E-state index in [1.807, 2.05) is 0 Å². The predicted octanol–water partition coefficient (Wildman–Crippen LogP) is 0.867. The summed E-state index contributed by atoms with van der Waals surface area (Å²) >= 11 is 3.26. The van der Waals surface area contributed by atoms with Crippen molar-refractivity contribution in [3.8, 4) is 0 Å². The van der Waals surface area contributed by atoms with E-state index in [0.717, 1.165) is 15.6 Å². The van der Waals surface area contributed by atoms with Crippen LogP contribution < -0.4 is 0 Å². The summed E-state index contributed by atoms with van der Waals surface area (Å²) in [5, 5.41) is 0. The third-order valence-corrected chi connectivity index (χ3v) is 5.78. The van der Waals surface area contributed by atoms with Crippen LogP contribution in [0.2, 0.25) is 0 Å². The first kappa shape index (κ1) is 19.1. The molecule has 0 spiro atoms. The van der Waals surface area contributed by atoms with E-state index < -0.39 is 31.3 Å². The highest BCUT2D eigenvalue weighted by Gasteiger charge is 2.20. The zero-order valence-electron chi connectivity index (χ0n) is 12.3. The highest BCUT2D eigenvalue weighted by atomic mass is 79.9. The number of amides is 1. The van der Waals surface area contributed by atoms with E-state index in [1.165, 1.54) is 7.05 Å². The average Bonchev–Trinajstić information content (AvgIpc) is 2.37. The van der Waals surface area contributed by atoms with Gasteiger partial charge in [-0.3, -0.25) is 4.79 Å². The molecule has 0 saturated heterocycles. The van der Waals surface area contributed by atoms with Crippen LogP contribution in [0.4, 0.5) is 0 Å². The first-order valence-electron chi connectivity index (χ1n) is 6.35. The average molecular weight is 412 g/mol. The van der Waals surface area contributed by atoms with Crippen molar-refractivity contribution in [2.75, 3.05) is 31.4 Å². The van der Waals surface area contributed by atoms with Gasteiger partial charge in [-0.2, -0.15) is 0 Å². The number of hydrogen-bond acceptors (Lipinski definition) is 5. The lowest BCUT2D eigenvalue weighted by molar-refractivity contribution is -0.126. The van der Waals surface area contributed by atoms with Crippen LogP contribution >= 0.6 is 15.9 Å². The maximum Gasteiger partial charge on any atom is 0.237 e. The Kier molecular flexibility index (Phi) is 6.57. The lowest BCUT2D eigenvalue weighted by atomic mass is 10.2. The van der Waals surface area contributed by atoms with E-state index in [2.05, 4.69) is 15.9 Å². The Hall–Kier alpha value is -0.930. The van der Waals surface area contributed by atoms with Crippen LogP contribution in [0.25, 0.3) is 0 Å². The Morgan fingerprint density at radius 3 is 2.18 bits per heavy atom.